The van der Waals surface area contributed by atoms with E-state index in [4.69, 9.17) is 16.1 Å². The van der Waals surface area contributed by atoms with Gasteiger partial charge in [0.1, 0.15) is 0 Å². The first-order valence-electron chi connectivity index (χ1n) is 9.64. The zero-order valence-corrected chi connectivity index (χ0v) is 16.9. The van der Waals surface area contributed by atoms with Gasteiger partial charge in [-0.3, -0.25) is 4.79 Å². The van der Waals surface area contributed by atoms with Crippen LogP contribution in [0, 0.1) is 0 Å². The Morgan fingerprint density at radius 1 is 0.933 bits per heavy atom. The van der Waals surface area contributed by atoms with Crippen LogP contribution < -0.4 is 5.32 Å². The molecule has 0 aliphatic rings. The van der Waals surface area contributed by atoms with Crippen molar-refractivity contribution in [3.05, 3.63) is 107 Å². The zero-order chi connectivity index (χ0) is 20.8. The lowest BCUT2D eigenvalue weighted by Crippen LogP contribution is -2.25. The molecule has 0 atom stereocenters. The fourth-order valence-corrected chi connectivity index (χ4v) is 3.49. The third-order valence-electron chi connectivity index (χ3n) is 4.78. The Bertz CT molecular complexity index is 1070. The van der Waals surface area contributed by atoms with Crippen LogP contribution in [0.2, 0.25) is 5.02 Å². The Kier molecular flexibility index (Phi) is 6.20. The van der Waals surface area contributed by atoms with Crippen LogP contribution in [-0.2, 0) is 11.3 Å². The van der Waals surface area contributed by atoms with Crippen LogP contribution >= 0.6 is 11.6 Å². The van der Waals surface area contributed by atoms with E-state index >= 15 is 0 Å². The molecule has 0 aliphatic carbocycles. The minimum atomic E-state index is -0.0878. The average Bonchev–Trinajstić information content (AvgIpc) is 3.26. The van der Waals surface area contributed by atoms with E-state index in [-0.39, 0.29) is 18.4 Å². The minimum Gasteiger partial charge on any atom is -0.347 e. The maximum Gasteiger partial charge on any atom is 0.246 e. The lowest BCUT2D eigenvalue weighted by atomic mass is 9.88. The molecule has 3 aromatic carbocycles. The summed E-state index contributed by atoms with van der Waals surface area (Å²) in [5.41, 5.74) is 2.96. The number of rotatable bonds is 7. The molecule has 150 valence electrons. The molecule has 1 amide bonds. The van der Waals surface area contributed by atoms with Crippen molar-refractivity contribution in [3.8, 4) is 11.4 Å². The van der Waals surface area contributed by atoms with Crippen LogP contribution in [0.15, 0.2) is 89.5 Å². The van der Waals surface area contributed by atoms with Crippen molar-refractivity contribution in [2.75, 3.05) is 0 Å². The van der Waals surface area contributed by atoms with Crippen molar-refractivity contribution in [2.45, 2.75) is 18.9 Å². The van der Waals surface area contributed by atoms with Crippen LogP contribution in [0.25, 0.3) is 11.4 Å². The Balaban J connectivity index is 1.42. The number of hydrogen-bond acceptors (Lipinski definition) is 4. The van der Waals surface area contributed by atoms with E-state index < -0.39 is 0 Å². The summed E-state index contributed by atoms with van der Waals surface area (Å²) in [6.45, 7) is 0.169. The second-order valence-corrected chi connectivity index (χ2v) is 7.31. The van der Waals surface area contributed by atoms with Crippen LogP contribution in [0.4, 0.5) is 0 Å². The molecule has 0 unspecified atom stereocenters. The van der Waals surface area contributed by atoms with E-state index in [0.29, 0.717) is 23.2 Å². The van der Waals surface area contributed by atoms with Crippen molar-refractivity contribution >= 4 is 17.5 Å². The topological polar surface area (TPSA) is 68.0 Å². The van der Waals surface area contributed by atoms with Gasteiger partial charge in [0, 0.05) is 22.9 Å². The van der Waals surface area contributed by atoms with E-state index in [1.54, 1.807) is 12.1 Å². The third-order valence-corrected chi connectivity index (χ3v) is 5.02. The number of aromatic nitrogens is 2. The van der Waals surface area contributed by atoms with E-state index in [2.05, 4.69) is 15.5 Å². The van der Waals surface area contributed by atoms with Gasteiger partial charge in [0.25, 0.3) is 0 Å². The number of carbonyl (C=O) groups excluding carboxylic acids is 1. The Hall–Kier alpha value is -3.44. The summed E-state index contributed by atoms with van der Waals surface area (Å²) in [5, 5.41) is 7.45. The largest absolute Gasteiger partial charge is 0.347 e. The number of nitrogens with zero attached hydrogens (tertiary/aromatic N) is 2. The van der Waals surface area contributed by atoms with E-state index in [1.165, 1.54) is 0 Å². The average molecular weight is 418 g/mol. The molecular weight excluding hydrogens is 398 g/mol. The van der Waals surface area contributed by atoms with Crippen LogP contribution in [0.1, 0.15) is 29.4 Å². The molecule has 0 saturated carbocycles. The summed E-state index contributed by atoms with van der Waals surface area (Å²) in [6, 6.07) is 27.3. The lowest BCUT2D eigenvalue weighted by molar-refractivity contribution is -0.121. The molecule has 1 aromatic heterocycles. The summed E-state index contributed by atoms with van der Waals surface area (Å²) in [7, 11) is 0. The summed E-state index contributed by atoms with van der Waals surface area (Å²) in [6.07, 6.45) is 0.323. The number of nitrogens with one attached hydrogen (secondary N) is 1. The Labute approximate surface area is 179 Å². The summed E-state index contributed by atoms with van der Waals surface area (Å²) in [4.78, 5) is 17.0. The second-order valence-electron chi connectivity index (χ2n) is 6.88. The highest BCUT2D eigenvalue weighted by atomic mass is 35.5. The maximum atomic E-state index is 12.7. The Morgan fingerprint density at radius 2 is 1.60 bits per heavy atom. The minimum absolute atomic E-state index is 0.0305. The van der Waals surface area contributed by atoms with E-state index in [9.17, 15) is 4.79 Å². The molecule has 30 heavy (non-hydrogen) atoms. The fourth-order valence-electron chi connectivity index (χ4n) is 3.30. The standard InChI is InChI=1S/C24H20ClN3O2/c25-20-13-7-12-19(14-20)24-27-23(30-28-24)16-26-22(29)15-21(17-8-3-1-4-9-17)18-10-5-2-6-11-18/h1-14,21H,15-16H2,(H,26,29). The number of carbonyl (C=O) groups is 1. The van der Waals surface area contributed by atoms with Crippen molar-refractivity contribution in [2.24, 2.45) is 0 Å². The van der Waals surface area contributed by atoms with Gasteiger partial charge >= 0.3 is 0 Å². The second kappa shape index (κ2) is 9.37. The van der Waals surface area contributed by atoms with Gasteiger partial charge in [-0.2, -0.15) is 4.98 Å². The molecule has 0 spiro atoms. The predicted molar refractivity (Wildman–Crippen MR) is 116 cm³/mol. The normalized spacial score (nSPS) is 10.9. The van der Waals surface area contributed by atoms with Gasteiger partial charge in [0.2, 0.25) is 17.6 Å². The first-order valence-corrected chi connectivity index (χ1v) is 10.0. The quantitative estimate of drug-likeness (QED) is 0.447. The number of hydrogen-bond donors (Lipinski definition) is 1. The highest BCUT2D eigenvalue weighted by Crippen LogP contribution is 2.27. The molecule has 4 rings (SSSR count). The van der Waals surface area contributed by atoms with E-state index in [1.807, 2.05) is 72.8 Å². The molecule has 6 heteroatoms. The van der Waals surface area contributed by atoms with Gasteiger partial charge in [-0.1, -0.05) is 89.6 Å². The smallest absolute Gasteiger partial charge is 0.246 e. The van der Waals surface area contributed by atoms with Crippen molar-refractivity contribution in [3.63, 3.8) is 0 Å². The first kappa shape index (κ1) is 19.9. The highest BCUT2D eigenvalue weighted by Gasteiger charge is 2.18. The Morgan fingerprint density at radius 3 is 2.23 bits per heavy atom. The molecule has 0 saturated heterocycles. The maximum absolute atomic E-state index is 12.7. The van der Waals surface area contributed by atoms with Gasteiger partial charge in [0.15, 0.2) is 0 Å². The number of benzene rings is 3. The van der Waals surface area contributed by atoms with E-state index in [0.717, 1.165) is 16.7 Å². The van der Waals surface area contributed by atoms with Gasteiger partial charge in [-0.25, -0.2) is 0 Å². The third kappa shape index (κ3) is 4.93. The van der Waals surface area contributed by atoms with Gasteiger partial charge < -0.3 is 9.84 Å². The molecule has 1 heterocycles. The fraction of sp³-hybridized carbons (Fsp3) is 0.125. The molecule has 0 fully saturated rings. The molecule has 0 bridgehead atoms. The number of amides is 1. The molecular formula is C24H20ClN3O2. The molecule has 5 nitrogen and oxygen atoms in total. The van der Waals surface area contributed by atoms with Crippen molar-refractivity contribution in [1.82, 2.24) is 15.5 Å². The molecule has 0 aliphatic heterocycles. The first-order chi connectivity index (χ1) is 14.7. The van der Waals surface area contributed by atoms with Gasteiger partial charge in [-0.15, -0.1) is 0 Å². The van der Waals surface area contributed by atoms with Crippen LogP contribution in [0.5, 0.6) is 0 Å². The van der Waals surface area contributed by atoms with Crippen LogP contribution in [0.3, 0.4) is 0 Å². The van der Waals surface area contributed by atoms with Crippen LogP contribution in [-0.4, -0.2) is 16.0 Å². The summed E-state index contributed by atoms with van der Waals surface area (Å²) in [5.74, 6) is 0.662. The van der Waals surface area contributed by atoms with Crippen molar-refractivity contribution in [1.29, 1.82) is 0 Å². The highest BCUT2D eigenvalue weighted by molar-refractivity contribution is 6.30. The predicted octanol–water partition coefficient (Wildman–Crippen LogP) is 5.23. The lowest BCUT2D eigenvalue weighted by Gasteiger charge is -2.17. The van der Waals surface area contributed by atoms with Crippen molar-refractivity contribution < 1.29 is 9.32 Å². The monoisotopic (exact) mass is 417 g/mol. The van der Waals surface area contributed by atoms with Gasteiger partial charge in [0.05, 0.1) is 6.54 Å². The summed E-state index contributed by atoms with van der Waals surface area (Å²) >= 11 is 6.01. The summed E-state index contributed by atoms with van der Waals surface area (Å²) < 4.78 is 5.26. The van der Waals surface area contributed by atoms with Gasteiger partial charge in [-0.05, 0) is 23.3 Å². The zero-order valence-electron chi connectivity index (χ0n) is 16.2. The molecule has 0 radical (unpaired) electrons. The molecule has 4 aromatic rings. The SMILES string of the molecule is O=C(CC(c1ccccc1)c1ccccc1)NCc1nc(-c2cccc(Cl)c2)no1. The number of halogens is 1. The molecule has 1 N–H and O–H groups in total.